The molecule has 0 aromatic rings. The molecule has 1 rings (SSSR count). The zero-order valence-electron chi connectivity index (χ0n) is 4.45. The molecular formula is C7H7Fe. The summed E-state index contributed by atoms with van der Waals surface area (Å²) in [5.74, 6) is 0. The molecule has 43 valence electrons. The van der Waals surface area contributed by atoms with Crippen molar-refractivity contribution in [1.82, 2.24) is 0 Å². The maximum absolute atomic E-state index is 4.00. The SMILES string of the molecule is C#C.[Fe][C]1=CC=CC1. The monoisotopic (exact) mass is 147 g/mol. The van der Waals surface area contributed by atoms with Crippen LogP contribution in [0.3, 0.4) is 0 Å². The van der Waals surface area contributed by atoms with Crippen LogP contribution in [0, 0.1) is 12.8 Å². The van der Waals surface area contributed by atoms with E-state index in [1.54, 1.807) is 0 Å². The average molecular weight is 147 g/mol. The first-order valence-corrected chi connectivity index (χ1v) is 2.78. The summed E-state index contributed by atoms with van der Waals surface area (Å²) in [5.41, 5.74) is 0. The van der Waals surface area contributed by atoms with Crippen LogP contribution in [0.15, 0.2) is 22.7 Å². The van der Waals surface area contributed by atoms with Crippen LogP contribution in [0.4, 0.5) is 0 Å². The van der Waals surface area contributed by atoms with Crippen molar-refractivity contribution in [1.29, 1.82) is 0 Å². The Morgan fingerprint density at radius 2 is 2.12 bits per heavy atom. The maximum atomic E-state index is 4.00. The molecule has 0 unspecified atom stereocenters. The Hall–Kier alpha value is -0.441. The van der Waals surface area contributed by atoms with Gasteiger partial charge in [0, 0.05) is 0 Å². The molecule has 0 aromatic carbocycles. The van der Waals surface area contributed by atoms with Crippen molar-refractivity contribution in [2.24, 2.45) is 0 Å². The molecule has 0 amide bonds. The number of allylic oxidation sites excluding steroid dienone is 4. The Balaban J connectivity index is 0.000000222. The van der Waals surface area contributed by atoms with Crippen LogP contribution in [-0.2, 0) is 16.0 Å². The number of rotatable bonds is 0. The van der Waals surface area contributed by atoms with E-state index in [0.29, 0.717) is 0 Å². The molecule has 1 heteroatoms. The minimum absolute atomic E-state index is 1.06. The van der Waals surface area contributed by atoms with E-state index in [1.807, 2.05) is 12.2 Å². The summed E-state index contributed by atoms with van der Waals surface area (Å²) in [6.07, 6.45) is 15.2. The first kappa shape index (κ1) is 7.56. The fraction of sp³-hybridized carbons (Fsp3) is 0.143. The molecule has 0 nitrogen and oxygen atoms in total. The van der Waals surface area contributed by atoms with Crippen LogP contribution >= 0.6 is 0 Å². The van der Waals surface area contributed by atoms with Gasteiger partial charge in [0.2, 0.25) is 0 Å². The van der Waals surface area contributed by atoms with Gasteiger partial charge in [0.1, 0.15) is 0 Å². The third-order valence-corrected chi connectivity index (χ3v) is 1.13. The Labute approximate surface area is 58.5 Å². The van der Waals surface area contributed by atoms with Crippen molar-refractivity contribution in [3.05, 3.63) is 22.7 Å². The van der Waals surface area contributed by atoms with Crippen molar-refractivity contribution in [3.63, 3.8) is 0 Å². The van der Waals surface area contributed by atoms with Gasteiger partial charge in [-0.15, -0.1) is 12.8 Å². The summed E-state index contributed by atoms with van der Waals surface area (Å²) >= 11 is 3.74. The molecule has 8 heavy (non-hydrogen) atoms. The van der Waals surface area contributed by atoms with E-state index in [9.17, 15) is 0 Å². The first-order chi connectivity index (χ1) is 3.89. The molecular weight excluding hydrogens is 140 g/mol. The summed E-state index contributed by atoms with van der Waals surface area (Å²) in [4.78, 5) is 0. The quantitative estimate of drug-likeness (QED) is 0.360. The summed E-state index contributed by atoms with van der Waals surface area (Å²) in [5, 5.41) is 0. The fourth-order valence-electron chi connectivity index (χ4n) is 0.416. The van der Waals surface area contributed by atoms with E-state index in [0.717, 1.165) is 6.42 Å². The molecule has 0 radical (unpaired) electrons. The van der Waals surface area contributed by atoms with E-state index < -0.39 is 0 Å². The van der Waals surface area contributed by atoms with E-state index in [-0.39, 0.29) is 0 Å². The van der Waals surface area contributed by atoms with E-state index in [2.05, 4.69) is 34.9 Å². The van der Waals surface area contributed by atoms with E-state index in [1.165, 1.54) is 4.47 Å². The molecule has 1 aliphatic rings. The molecule has 0 fully saturated rings. The van der Waals surface area contributed by atoms with Crippen LogP contribution in [0.25, 0.3) is 0 Å². The summed E-state index contributed by atoms with van der Waals surface area (Å²) in [6.45, 7) is 0. The van der Waals surface area contributed by atoms with Crippen LogP contribution in [0.2, 0.25) is 0 Å². The number of hydrogen-bond donors (Lipinski definition) is 0. The third-order valence-electron chi connectivity index (χ3n) is 0.717. The van der Waals surface area contributed by atoms with Crippen LogP contribution in [0.1, 0.15) is 6.42 Å². The van der Waals surface area contributed by atoms with Gasteiger partial charge in [-0.25, -0.2) is 0 Å². The third kappa shape index (κ3) is 2.69. The van der Waals surface area contributed by atoms with E-state index >= 15 is 0 Å². The van der Waals surface area contributed by atoms with Crippen molar-refractivity contribution in [2.75, 3.05) is 0 Å². The Kier molecular flexibility index (Phi) is 4.45. The molecule has 0 saturated heterocycles. The molecule has 0 aromatic heterocycles. The van der Waals surface area contributed by atoms with Gasteiger partial charge in [-0.05, 0) is 0 Å². The topological polar surface area (TPSA) is 0 Å². The molecule has 1 aliphatic carbocycles. The fourth-order valence-corrected chi connectivity index (χ4v) is 0.652. The first-order valence-electron chi connectivity index (χ1n) is 2.23. The summed E-state index contributed by atoms with van der Waals surface area (Å²) in [6, 6.07) is 0. The Bertz CT molecular complexity index is 129. The zero-order chi connectivity index (χ0) is 6.41. The second-order valence-corrected chi connectivity index (χ2v) is 1.94. The van der Waals surface area contributed by atoms with Gasteiger partial charge >= 0.3 is 45.1 Å². The molecule has 0 bridgehead atoms. The van der Waals surface area contributed by atoms with Crippen LogP contribution in [-0.4, -0.2) is 0 Å². The van der Waals surface area contributed by atoms with Crippen LogP contribution < -0.4 is 0 Å². The van der Waals surface area contributed by atoms with Gasteiger partial charge in [0.25, 0.3) is 0 Å². The summed E-state index contributed by atoms with van der Waals surface area (Å²) < 4.78 is 1.22. The van der Waals surface area contributed by atoms with Crippen molar-refractivity contribution in [3.8, 4) is 12.8 Å². The Morgan fingerprint density at radius 1 is 1.50 bits per heavy atom. The van der Waals surface area contributed by atoms with Gasteiger partial charge in [-0.2, -0.15) is 0 Å². The second kappa shape index (κ2) is 4.71. The molecule has 0 N–H and O–H groups in total. The number of terminal acetylenes is 1. The Morgan fingerprint density at radius 3 is 2.25 bits per heavy atom. The summed E-state index contributed by atoms with van der Waals surface area (Å²) in [7, 11) is 0. The molecule has 0 atom stereocenters. The van der Waals surface area contributed by atoms with Crippen molar-refractivity contribution >= 4 is 0 Å². The molecule has 0 heterocycles. The zero-order valence-corrected chi connectivity index (χ0v) is 5.55. The van der Waals surface area contributed by atoms with Gasteiger partial charge in [-0.1, -0.05) is 0 Å². The molecule has 0 aliphatic heterocycles. The van der Waals surface area contributed by atoms with Gasteiger partial charge in [0.15, 0.2) is 0 Å². The minimum atomic E-state index is 1.06. The van der Waals surface area contributed by atoms with Gasteiger partial charge in [0.05, 0.1) is 0 Å². The normalized spacial score (nSPS) is 14.1. The standard InChI is InChI=1S/C5H5.C2H2.Fe/c1-2-4-5-3-1;1-2;/h1-3H,4H2;1-2H;. The van der Waals surface area contributed by atoms with Gasteiger partial charge < -0.3 is 0 Å². The molecule has 0 spiro atoms. The predicted molar refractivity (Wildman–Crippen MR) is 31.7 cm³/mol. The second-order valence-electron chi connectivity index (χ2n) is 1.23. The average Bonchev–Trinajstić information content (AvgIpc) is 2.24. The van der Waals surface area contributed by atoms with Crippen LogP contribution in [0.5, 0.6) is 0 Å². The van der Waals surface area contributed by atoms with Crippen molar-refractivity contribution in [2.45, 2.75) is 6.42 Å². The van der Waals surface area contributed by atoms with Crippen molar-refractivity contribution < 1.29 is 16.0 Å². The van der Waals surface area contributed by atoms with E-state index in [4.69, 9.17) is 0 Å². The predicted octanol–water partition coefficient (Wildman–Crippen LogP) is 1.63. The van der Waals surface area contributed by atoms with Gasteiger partial charge in [-0.3, -0.25) is 0 Å². The molecule has 0 saturated carbocycles. The number of hydrogen-bond acceptors (Lipinski definition) is 0.